The highest BCUT2D eigenvalue weighted by molar-refractivity contribution is 7.92. The van der Waals surface area contributed by atoms with Crippen molar-refractivity contribution in [3.05, 3.63) is 47.3 Å². The van der Waals surface area contributed by atoms with Gasteiger partial charge in [0.15, 0.2) is 5.65 Å². The number of aryl methyl sites for hydroxylation is 3. The minimum Gasteiger partial charge on any atom is -0.478 e. The van der Waals surface area contributed by atoms with Crippen LogP contribution in [0.3, 0.4) is 0 Å². The van der Waals surface area contributed by atoms with Crippen LogP contribution in [0.2, 0.25) is 0 Å². The third-order valence-corrected chi connectivity index (χ3v) is 5.20. The van der Waals surface area contributed by atoms with E-state index in [1.165, 1.54) is 18.3 Å². The van der Waals surface area contributed by atoms with Crippen molar-refractivity contribution >= 4 is 32.7 Å². The van der Waals surface area contributed by atoms with E-state index in [-0.39, 0.29) is 16.1 Å². The Balaban J connectivity index is 2.10. The third kappa shape index (κ3) is 2.93. The molecule has 0 bridgehead atoms. The number of rotatable bonds is 4. The van der Waals surface area contributed by atoms with E-state index in [9.17, 15) is 18.3 Å². The monoisotopic (exact) mass is 360 g/mol. The zero-order valence-electron chi connectivity index (χ0n) is 13.8. The van der Waals surface area contributed by atoms with Crippen molar-refractivity contribution in [3.63, 3.8) is 0 Å². The summed E-state index contributed by atoms with van der Waals surface area (Å²) in [5, 5.41) is 14.1. The second-order valence-corrected chi connectivity index (χ2v) is 7.34. The van der Waals surface area contributed by atoms with Gasteiger partial charge in [0.05, 0.1) is 16.9 Å². The van der Waals surface area contributed by atoms with Gasteiger partial charge in [0, 0.05) is 18.6 Å². The van der Waals surface area contributed by atoms with Crippen molar-refractivity contribution in [1.29, 1.82) is 0 Å². The summed E-state index contributed by atoms with van der Waals surface area (Å²) in [6.45, 7) is 3.40. The maximum atomic E-state index is 12.7. The zero-order chi connectivity index (χ0) is 18.4. The molecule has 8 nitrogen and oxygen atoms in total. The Labute approximate surface area is 144 Å². The zero-order valence-corrected chi connectivity index (χ0v) is 14.6. The van der Waals surface area contributed by atoms with Crippen molar-refractivity contribution in [2.45, 2.75) is 18.7 Å². The number of anilines is 1. The number of hydrogen-bond acceptors (Lipinski definition) is 5. The van der Waals surface area contributed by atoms with Crippen LogP contribution in [0.25, 0.3) is 11.0 Å². The van der Waals surface area contributed by atoms with E-state index in [1.807, 2.05) is 0 Å². The molecule has 0 aliphatic carbocycles. The summed E-state index contributed by atoms with van der Waals surface area (Å²) >= 11 is 0. The molecule has 0 aliphatic rings. The topological polar surface area (TPSA) is 114 Å². The predicted octanol–water partition coefficient (Wildman–Crippen LogP) is 2.08. The quantitative estimate of drug-likeness (QED) is 0.736. The van der Waals surface area contributed by atoms with E-state index in [1.54, 1.807) is 37.7 Å². The molecule has 0 fully saturated rings. The van der Waals surface area contributed by atoms with E-state index < -0.39 is 16.0 Å². The average molecular weight is 360 g/mol. The molecule has 9 heteroatoms. The molecule has 130 valence electrons. The Hall–Kier alpha value is -2.94. The molecule has 0 radical (unpaired) electrons. The maximum absolute atomic E-state index is 12.7. The summed E-state index contributed by atoms with van der Waals surface area (Å²) in [5.74, 6) is -1.21. The van der Waals surface area contributed by atoms with Crippen molar-refractivity contribution in [1.82, 2.24) is 14.8 Å². The number of aromatic nitrogens is 3. The fourth-order valence-corrected chi connectivity index (χ4v) is 3.73. The second-order valence-electron chi connectivity index (χ2n) is 5.66. The van der Waals surface area contributed by atoms with E-state index in [4.69, 9.17) is 0 Å². The first-order valence-corrected chi connectivity index (χ1v) is 8.84. The normalized spacial score (nSPS) is 11.6. The summed E-state index contributed by atoms with van der Waals surface area (Å²) in [4.78, 5) is 15.5. The van der Waals surface area contributed by atoms with Crippen LogP contribution in [0, 0.1) is 13.8 Å². The maximum Gasteiger partial charge on any atom is 0.337 e. The summed E-state index contributed by atoms with van der Waals surface area (Å²) in [5.41, 5.74) is 1.66. The molecule has 0 spiro atoms. The summed E-state index contributed by atoms with van der Waals surface area (Å²) in [7, 11) is -2.28. The number of pyridine rings is 1. The lowest BCUT2D eigenvalue weighted by Gasteiger charge is -2.13. The van der Waals surface area contributed by atoms with E-state index in [2.05, 4.69) is 14.8 Å². The Morgan fingerprint density at radius 1 is 1.28 bits per heavy atom. The van der Waals surface area contributed by atoms with Gasteiger partial charge in [-0.15, -0.1) is 0 Å². The van der Waals surface area contributed by atoms with Gasteiger partial charge in [0.2, 0.25) is 0 Å². The van der Waals surface area contributed by atoms with Crippen molar-refractivity contribution in [2.75, 3.05) is 4.72 Å². The van der Waals surface area contributed by atoms with Crippen LogP contribution in [0.1, 0.15) is 21.6 Å². The molecule has 0 atom stereocenters. The number of sulfonamides is 1. The molecule has 0 aliphatic heterocycles. The Morgan fingerprint density at radius 3 is 2.68 bits per heavy atom. The summed E-state index contributed by atoms with van der Waals surface area (Å²) in [6.07, 6.45) is 1.23. The minimum atomic E-state index is -4.00. The highest BCUT2D eigenvalue weighted by Crippen LogP contribution is 2.25. The Bertz CT molecular complexity index is 1100. The number of aromatic carboxylic acids is 1. The first kappa shape index (κ1) is 16.9. The lowest BCUT2D eigenvalue weighted by molar-refractivity contribution is 0.0698. The van der Waals surface area contributed by atoms with E-state index in [0.717, 1.165) is 0 Å². The highest BCUT2D eigenvalue weighted by Gasteiger charge is 2.21. The molecule has 2 aromatic heterocycles. The highest BCUT2D eigenvalue weighted by atomic mass is 32.2. The first-order valence-electron chi connectivity index (χ1n) is 7.36. The van der Waals surface area contributed by atoms with Crippen LogP contribution in [-0.2, 0) is 17.1 Å². The number of fused-ring (bicyclic) bond motifs is 1. The smallest absolute Gasteiger partial charge is 0.337 e. The molecular formula is C16H16N4O4S. The van der Waals surface area contributed by atoms with Gasteiger partial charge in [-0.1, -0.05) is 12.1 Å². The Kier molecular flexibility index (Phi) is 3.96. The van der Waals surface area contributed by atoms with Gasteiger partial charge in [-0.3, -0.25) is 9.40 Å². The minimum absolute atomic E-state index is 0.0398. The lowest BCUT2D eigenvalue weighted by Crippen LogP contribution is -2.17. The molecule has 0 amide bonds. The Morgan fingerprint density at radius 2 is 2.00 bits per heavy atom. The fourth-order valence-electron chi connectivity index (χ4n) is 2.61. The number of nitrogens with one attached hydrogen (secondary N) is 1. The van der Waals surface area contributed by atoms with Crippen LogP contribution in [0.4, 0.5) is 5.69 Å². The standard InChI is InChI=1S/C16H16N4O4S/c1-9-5-4-6-12(16(21)22)14(9)19-25(23,24)11-7-13-10(2)18-20(3)15(13)17-8-11/h4-8,19H,1-3H3,(H,21,22). The number of para-hydroxylation sites is 1. The molecule has 0 saturated carbocycles. The summed E-state index contributed by atoms with van der Waals surface area (Å²) < 4.78 is 29.4. The number of carboxylic acids is 1. The second kappa shape index (κ2) is 5.85. The van der Waals surface area contributed by atoms with E-state index in [0.29, 0.717) is 22.3 Å². The predicted molar refractivity (Wildman–Crippen MR) is 92.2 cm³/mol. The van der Waals surface area contributed by atoms with Gasteiger partial charge >= 0.3 is 5.97 Å². The molecule has 1 aromatic carbocycles. The van der Waals surface area contributed by atoms with Crippen LogP contribution < -0.4 is 4.72 Å². The van der Waals surface area contributed by atoms with Gasteiger partial charge in [-0.2, -0.15) is 5.10 Å². The molecule has 3 rings (SSSR count). The molecule has 25 heavy (non-hydrogen) atoms. The van der Waals surface area contributed by atoms with Crippen LogP contribution in [0.5, 0.6) is 0 Å². The van der Waals surface area contributed by atoms with Crippen molar-refractivity contribution in [3.8, 4) is 0 Å². The van der Waals surface area contributed by atoms with Gasteiger partial charge in [-0.25, -0.2) is 18.2 Å². The number of hydrogen-bond donors (Lipinski definition) is 2. The SMILES string of the molecule is Cc1cccc(C(=O)O)c1NS(=O)(=O)c1cnc2c(c1)c(C)nn2C. The fraction of sp³-hybridized carbons (Fsp3) is 0.188. The van der Waals surface area contributed by atoms with Crippen molar-refractivity contribution in [2.24, 2.45) is 7.05 Å². The van der Waals surface area contributed by atoms with Gasteiger partial charge in [0.25, 0.3) is 10.0 Å². The van der Waals surface area contributed by atoms with Crippen molar-refractivity contribution < 1.29 is 18.3 Å². The van der Waals surface area contributed by atoms with Crippen LogP contribution in [-0.4, -0.2) is 34.3 Å². The van der Waals surface area contributed by atoms with Gasteiger partial charge < -0.3 is 5.11 Å². The lowest BCUT2D eigenvalue weighted by atomic mass is 10.1. The molecule has 0 saturated heterocycles. The number of carboxylic acid groups (broad SMARTS) is 1. The average Bonchev–Trinajstić information content (AvgIpc) is 2.83. The number of benzene rings is 1. The van der Waals surface area contributed by atoms with Gasteiger partial charge in [-0.05, 0) is 31.5 Å². The molecule has 2 heterocycles. The first-order chi connectivity index (χ1) is 11.7. The molecular weight excluding hydrogens is 344 g/mol. The van der Waals surface area contributed by atoms with Crippen LogP contribution in [0.15, 0.2) is 35.4 Å². The third-order valence-electron chi connectivity index (χ3n) is 3.89. The molecule has 0 unspecified atom stereocenters. The number of carbonyl (C=O) groups is 1. The van der Waals surface area contributed by atoms with Crippen LogP contribution >= 0.6 is 0 Å². The van der Waals surface area contributed by atoms with Gasteiger partial charge in [0.1, 0.15) is 4.90 Å². The number of nitrogens with zero attached hydrogens (tertiary/aromatic N) is 3. The molecule has 3 aromatic rings. The largest absolute Gasteiger partial charge is 0.478 e. The van der Waals surface area contributed by atoms with E-state index >= 15 is 0 Å². The molecule has 2 N–H and O–H groups in total. The summed E-state index contributed by atoms with van der Waals surface area (Å²) in [6, 6.07) is 6.02.